The van der Waals surface area contributed by atoms with Gasteiger partial charge in [-0.1, -0.05) is 46.0 Å². The van der Waals surface area contributed by atoms with Gasteiger partial charge in [0.1, 0.15) is 0 Å². The zero-order valence-electron chi connectivity index (χ0n) is 10.4. The Bertz CT molecular complexity index is 216. The summed E-state index contributed by atoms with van der Waals surface area (Å²) in [5, 5.41) is 9.29. The summed E-state index contributed by atoms with van der Waals surface area (Å²) >= 11 is 0. The van der Waals surface area contributed by atoms with Gasteiger partial charge in [-0.25, -0.2) is 0 Å². The molecule has 0 aromatic heterocycles. The molecule has 0 heterocycles. The lowest BCUT2D eigenvalue weighted by atomic mass is 9.82. The normalized spacial score (nSPS) is 30.3. The van der Waals surface area contributed by atoms with E-state index in [1.807, 2.05) is 0 Å². The Kier molecular flexibility index (Phi) is 5.15. The van der Waals surface area contributed by atoms with E-state index in [9.17, 15) is 5.26 Å². The molecule has 86 valence electrons. The molecule has 0 aliphatic heterocycles. The maximum atomic E-state index is 9.29. The first-order valence-electron chi connectivity index (χ1n) is 6.64. The van der Waals surface area contributed by atoms with E-state index in [-0.39, 0.29) is 5.41 Å². The molecule has 1 aliphatic rings. The van der Waals surface area contributed by atoms with Crippen molar-refractivity contribution >= 4 is 0 Å². The fourth-order valence-corrected chi connectivity index (χ4v) is 2.85. The first-order valence-corrected chi connectivity index (χ1v) is 6.64. The molecule has 0 spiro atoms. The van der Waals surface area contributed by atoms with Crippen molar-refractivity contribution in [2.75, 3.05) is 0 Å². The lowest BCUT2D eigenvalue weighted by Gasteiger charge is -2.20. The van der Waals surface area contributed by atoms with Crippen LogP contribution < -0.4 is 0 Å². The lowest BCUT2D eigenvalue weighted by Crippen LogP contribution is -2.13. The number of unbranched alkanes of at least 4 members (excludes halogenated alkanes) is 4. The minimum Gasteiger partial charge on any atom is -0.198 e. The molecule has 0 aromatic rings. The molecule has 2 atom stereocenters. The minimum atomic E-state index is 0.0611. The highest BCUT2D eigenvalue weighted by Gasteiger charge is 2.36. The SMILES string of the molecule is CCCCCCCC1(C#N)CCC(C)C1. The Morgan fingerprint density at radius 1 is 1.27 bits per heavy atom. The highest BCUT2D eigenvalue weighted by atomic mass is 14.4. The van der Waals surface area contributed by atoms with E-state index in [1.165, 1.54) is 38.5 Å². The van der Waals surface area contributed by atoms with Gasteiger partial charge in [-0.15, -0.1) is 0 Å². The van der Waals surface area contributed by atoms with Crippen LogP contribution in [0.3, 0.4) is 0 Å². The van der Waals surface area contributed by atoms with Crippen molar-refractivity contribution in [1.29, 1.82) is 5.26 Å². The zero-order valence-corrected chi connectivity index (χ0v) is 10.4. The molecule has 0 N–H and O–H groups in total. The smallest absolute Gasteiger partial charge is 0.0689 e. The second kappa shape index (κ2) is 6.16. The van der Waals surface area contributed by atoms with Crippen molar-refractivity contribution in [2.24, 2.45) is 11.3 Å². The van der Waals surface area contributed by atoms with Gasteiger partial charge >= 0.3 is 0 Å². The third-order valence-corrected chi connectivity index (χ3v) is 3.85. The summed E-state index contributed by atoms with van der Waals surface area (Å²) < 4.78 is 0. The molecule has 1 aliphatic carbocycles. The summed E-state index contributed by atoms with van der Waals surface area (Å²) in [5.41, 5.74) is 0.0611. The third kappa shape index (κ3) is 3.86. The van der Waals surface area contributed by atoms with Crippen LogP contribution in [-0.2, 0) is 0 Å². The van der Waals surface area contributed by atoms with Crippen molar-refractivity contribution in [3.05, 3.63) is 0 Å². The average Bonchev–Trinajstić information content (AvgIpc) is 2.61. The Balaban J connectivity index is 2.21. The molecule has 15 heavy (non-hydrogen) atoms. The van der Waals surface area contributed by atoms with Gasteiger partial charge in [0.05, 0.1) is 11.5 Å². The van der Waals surface area contributed by atoms with Crippen molar-refractivity contribution in [3.63, 3.8) is 0 Å². The van der Waals surface area contributed by atoms with Crippen LogP contribution in [-0.4, -0.2) is 0 Å². The Hall–Kier alpha value is -0.510. The van der Waals surface area contributed by atoms with E-state index in [0.717, 1.165) is 25.2 Å². The van der Waals surface area contributed by atoms with E-state index in [4.69, 9.17) is 0 Å². The molecule has 1 rings (SSSR count). The number of nitrogens with zero attached hydrogens (tertiary/aromatic N) is 1. The second-order valence-corrected chi connectivity index (χ2v) is 5.40. The topological polar surface area (TPSA) is 23.8 Å². The standard InChI is InChI=1S/C14H25N/c1-3-4-5-6-7-9-14(12-15)10-8-13(2)11-14/h13H,3-11H2,1-2H3. The predicted molar refractivity (Wildman–Crippen MR) is 64.4 cm³/mol. The van der Waals surface area contributed by atoms with E-state index in [0.29, 0.717) is 0 Å². The summed E-state index contributed by atoms with van der Waals surface area (Å²) in [6, 6.07) is 2.60. The number of hydrogen-bond acceptors (Lipinski definition) is 1. The summed E-state index contributed by atoms with van der Waals surface area (Å²) in [5.74, 6) is 0.778. The number of rotatable bonds is 6. The van der Waals surface area contributed by atoms with Gasteiger partial charge < -0.3 is 0 Å². The van der Waals surface area contributed by atoms with Gasteiger partial charge in [0, 0.05) is 0 Å². The van der Waals surface area contributed by atoms with Crippen molar-refractivity contribution in [1.82, 2.24) is 0 Å². The van der Waals surface area contributed by atoms with Crippen molar-refractivity contribution in [2.45, 2.75) is 71.6 Å². The maximum Gasteiger partial charge on any atom is 0.0689 e. The number of hydrogen-bond donors (Lipinski definition) is 0. The first kappa shape index (κ1) is 12.6. The van der Waals surface area contributed by atoms with E-state index >= 15 is 0 Å². The molecule has 0 bridgehead atoms. The molecule has 1 saturated carbocycles. The minimum absolute atomic E-state index is 0.0611. The van der Waals surface area contributed by atoms with E-state index in [1.54, 1.807) is 0 Å². The molecule has 1 nitrogen and oxygen atoms in total. The zero-order chi connectivity index (χ0) is 11.1. The molecule has 1 fully saturated rings. The van der Waals surface area contributed by atoms with Gasteiger partial charge in [0.2, 0.25) is 0 Å². The molecule has 0 radical (unpaired) electrons. The Labute approximate surface area is 94.9 Å². The molecule has 2 unspecified atom stereocenters. The monoisotopic (exact) mass is 207 g/mol. The molecule has 0 saturated heterocycles. The third-order valence-electron chi connectivity index (χ3n) is 3.85. The summed E-state index contributed by atoms with van der Waals surface area (Å²) in [6.45, 7) is 4.53. The molecular weight excluding hydrogens is 182 g/mol. The Morgan fingerprint density at radius 2 is 2.00 bits per heavy atom. The first-order chi connectivity index (χ1) is 7.22. The fraction of sp³-hybridized carbons (Fsp3) is 0.929. The molecule has 1 heteroatoms. The van der Waals surface area contributed by atoms with E-state index < -0.39 is 0 Å². The van der Waals surface area contributed by atoms with Crippen LogP contribution in [0.15, 0.2) is 0 Å². The van der Waals surface area contributed by atoms with Crippen molar-refractivity contribution in [3.8, 4) is 6.07 Å². The molecule has 0 aromatic carbocycles. The lowest BCUT2D eigenvalue weighted by molar-refractivity contribution is 0.345. The van der Waals surface area contributed by atoms with Crippen LogP contribution in [0.1, 0.15) is 71.6 Å². The van der Waals surface area contributed by atoms with Crippen LogP contribution in [0, 0.1) is 22.7 Å². The number of nitriles is 1. The maximum absolute atomic E-state index is 9.29. The molecular formula is C14H25N. The van der Waals surface area contributed by atoms with Crippen LogP contribution in [0.2, 0.25) is 0 Å². The summed E-state index contributed by atoms with van der Waals surface area (Å²) in [4.78, 5) is 0. The van der Waals surface area contributed by atoms with Crippen LogP contribution in [0.25, 0.3) is 0 Å². The highest BCUT2D eigenvalue weighted by Crippen LogP contribution is 2.44. The summed E-state index contributed by atoms with van der Waals surface area (Å²) in [7, 11) is 0. The second-order valence-electron chi connectivity index (χ2n) is 5.40. The van der Waals surface area contributed by atoms with Crippen LogP contribution in [0.4, 0.5) is 0 Å². The van der Waals surface area contributed by atoms with E-state index in [2.05, 4.69) is 19.9 Å². The largest absolute Gasteiger partial charge is 0.198 e. The van der Waals surface area contributed by atoms with Gasteiger partial charge in [-0.05, 0) is 31.6 Å². The van der Waals surface area contributed by atoms with Gasteiger partial charge in [0.25, 0.3) is 0 Å². The quantitative estimate of drug-likeness (QED) is 0.580. The van der Waals surface area contributed by atoms with Gasteiger partial charge in [0.15, 0.2) is 0 Å². The Morgan fingerprint density at radius 3 is 2.53 bits per heavy atom. The molecule has 0 amide bonds. The van der Waals surface area contributed by atoms with Crippen LogP contribution in [0.5, 0.6) is 0 Å². The average molecular weight is 207 g/mol. The van der Waals surface area contributed by atoms with Crippen LogP contribution >= 0.6 is 0 Å². The highest BCUT2D eigenvalue weighted by molar-refractivity contribution is 5.03. The summed E-state index contributed by atoms with van der Waals surface area (Å²) in [6.07, 6.45) is 11.3. The van der Waals surface area contributed by atoms with Gasteiger partial charge in [-0.3, -0.25) is 0 Å². The van der Waals surface area contributed by atoms with Crippen molar-refractivity contribution < 1.29 is 0 Å². The fourth-order valence-electron chi connectivity index (χ4n) is 2.85. The van der Waals surface area contributed by atoms with Gasteiger partial charge in [-0.2, -0.15) is 5.26 Å². The predicted octanol–water partition coefficient (Wildman–Crippen LogP) is 4.68.